The summed E-state index contributed by atoms with van der Waals surface area (Å²) < 4.78 is 5.43. The number of rotatable bonds is 5. The van der Waals surface area contributed by atoms with Gasteiger partial charge in [-0.3, -0.25) is 10.2 Å². The molecule has 34 heavy (non-hydrogen) atoms. The van der Waals surface area contributed by atoms with Gasteiger partial charge in [0.05, 0.1) is 24.4 Å². The summed E-state index contributed by atoms with van der Waals surface area (Å²) >= 11 is 0. The molecule has 172 valence electrons. The van der Waals surface area contributed by atoms with E-state index in [1.807, 2.05) is 61.5 Å². The molecule has 0 aliphatic carbocycles. The van der Waals surface area contributed by atoms with Crippen molar-refractivity contribution in [1.29, 1.82) is 5.41 Å². The smallest absolute Gasteiger partial charge is 0.252 e. The van der Waals surface area contributed by atoms with Crippen LogP contribution in [0.5, 0.6) is 0 Å². The number of nitrogens with zero attached hydrogens (tertiary/aromatic N) is 2. The van der Waals surface area contributed by atoms with E-state index in [2.05, 4.69) is 14.9 Å². The highest BCUT2D eigenvalue weighted by molar-refractivity contribution is 6.15. The number of fused-ring (bicyclic) bond motifs is 1. The third-order valence-electron chi connectivity index (χ3n) is 6.45. The summed E-state index contributed by atoms with van der Waals surface area (Å²) in [4.78, 5) is 22.4. The Bertz CT molecular complexity index is 1410. The van der Waals surface area contributed by atoms with Gasteiger partial charge in [0.1, 0.15) is 5.82 Å². The molecule has 7 heteroatoms. The fraction of sp³-hybridized carbons (Fsp3) is 0.222. The fourth-order valence-electron chi connectivity index (χ4n) is 4.44. The van der Waals surface area contributed by atoms with Crippen molar-refractivity contribution < 1.29 is 4.74 Å². The molecule has 0 saturated carbocycles. The second kappa shape index (κ2) is 9.11. The maximum Gasteiger partial charge on any atom is 0.252 e. The second-order valence-corrected chi connectivity index (χ2v) is 8.59. The van der Waals surface area contributed by atoms with Crippen molar-refractivity contribution >= 4 is 28.1 Å². The zero-order chi connectivity index (χ0) is 23.7. The molecular formula is C27H27N5O2. The van der Waals surface area contributed by atoms with Crippen LogP contribution in [-0.4, -0.2) is 42.0 Å². The maximum atomic E-state index is 12.8. The molecule has 0 radical (unpaired) electrons. The quantitative estimate of drug-likeness (QED) is 0.314. The van der Waals surface area contributed by atoms with Crippen LogP contribution in [0.2, 0.25) is 0 Å². The third-order valence-corrected chi connectivity index (χ3v) is 6.45. The number of ether oxygens (including phenoxy) is 1. The summed E-state index contributed by atoms with van der Waals surface area (Å²) in [7, 11) is 0. The lowest BCUT2D eigenvalue weighted by Gasteiger charge is -2.28. The van der Waals surface area contributed by atoms with Gasteiger partial charge in [-0.05, 0) is 41.3 Å². The Labute approximate surface area is 197 Å². The molecule has 2 aromatic carbocycles. The van der Waals surface area contributed by atoms with E-state index in [1.54, 1.807) is 12.3 Å². The number of benzene rings is 2. The van der Waals surface area contributed by atoms with Crippen LogP contribution in [0, 0.1) is 5.41 Å². The minimum absolute atomic E-state index is 0.0638. The van der Waals surface area contributed by atoms with Crippen LogP contribution >= 0.6 is 0 Å². The van der Waals surface area contributed by atoms with E-state index in [4.69, 9.17) is 15.9 Å². The fourth-order valence-corrected chi connectivity index (χ4v) is 4.44. The van der Waals surface area contributed by atoms with Crippen LogP contribution in [0.25, 0.3) is 10.9 Å². The average molecular weight is 454 g/mol. The van der Waals surface area contributed by atoms with Crippen LogP contribution in [0.15, 0.2) is 71.7 Å². The minimum atomic E-state index is -0.129. The molecule has 1 aliphatic rings. The van der Waals surface area contributed by atoms with Crippen molar-refractivity contribution in [2.45, 2.75) is 12.8 Å². The van der Waals surface area contributed by atoms with Gasteiger partial charge < -0.3 is 20.4 Å². The van der Waals surface area contributed by atoms with E-state index in [-0.39, 0.29) is 11.5 Å². The van der Waals surface area contributed by atoms with Gasteiger partial charge in [0.25, 0.3) is 5.56 Å². The molecule has 1 fully saturated rings. The number of H-pyrrole nitrogens is 1. The number of nitrogen functional groups attached to an aromatic ring is 1. The molecule has 7 nitrogen and oxygen atoms in total. The molecule has 2 aromatic heterocycles. The predicted molar refractivity (Wildman–Crippen MR) is 136 cm³/mol. The molecule has 3 heterocycles. The third kappa shape index (κ3) is 4.18. The molecule has 4 aromatic rings. The molecule has 1 unspecified atom stereocenters. The van der Waals surface area contributed by atoms with E-state index < -0.39 is 0 Å². The zero-order valence-corrected chi connectivity index (χ0v) is 19.0. The highest BCUT2D eigenvalue weighted by Gasteiger charge is 2.17. The monoisotopic (exact) mass is 453 g/mol. The number of nitrogens with two attached hydrogens (primary N) is 1. The molecule has 4 N–H and O–H groups in total. The van der Waals surface area contributed by atoms with Crippen LogP contribution in [0.1, 0.15) is 35.1 Å². The Kier molecular flexibility index (Phi) is 5.86. The van der Waals surface area contributed by atoms with Gasteiger partial charge in [-0.1, -0.05) is 37.3 Å². The summed E-state index contributed by atoms with van der Waals surface area (Å²) in [5.41, 5.74) is 10.8. The number of pyridine rings is 2. The molecule has 0 amide bonds. The van der Waals surface area contributed by atoms with Crippen LogP contribution in [-0.2, 0) is 4.74 Å². The Morgan fingerprint density at radius 2 is 1.88 bits per heavy atom. The van der Waals surface area contributed by atoms with Gasteiger partial charge in [0.15, 0.2) is 0 Å². The first-order chi connectivity index (χ1) is 16.5. The van der Waals surface area contributed by atoms with Crippen molar-refractivity contribution in [2.24, 2.45) is 0 Å². The van der Waals surface area contributed by atoms with Crippen LogP contribution in [0.3, 0.4) is 0 Å². The number of aromatic nitrogens is 2. The van der Waals surface area contributed by atoms with Gasteiger partial charge in [-0.2, -0.15) is 0 Å². The van der Waals surface area contributed by atoms with E-state index in [1.165, 1.54) is 0 Å². The van der Waals surface area contributed by atoms with Crippen LogP contribution in [0.4, 0.5) is 11.5 Å². The summed E-state index contributed by atoms with van der Waals surface area (Å²) in [5.74, 6) is 0.763. The standard InChI is InChI=1S/C27H27N5O2/c1-17(18-5-3-2-4-6-18)21-13-20-14-22(23(28)16-24(20)31-27(21)33)26(29)19-7-8-30-25(15-19)32-9-11-34-12-10-32/h2-8,13-17,29H,9-12,28H2,1H3,(H,31,33). The maximum absolute atomic E-state index is 12.8. The van der Waals surface area contributed by atoms with Gasteiger partial charge in [0.2, 0.25) is 0 Å². The Hall–Kier alpha value is -3.97. The average Bonchev–Trinajstić information content (AvgIpc) is 2.88. The van der Waals surface area contributed by atoms with Crippen molar-refractivity contribution in [1.82, 2.24) is 9.97 Å². The summed E-state index contributed by atoms with van der Waals surface area (Å²) in [6.07, 6.45) is 1.73. The van der Waals surface area contributed by atoms with Crippen molar-refractivity contribution in [3.8, 4) is 0 Å². The van der Waals surface area contributed by atoms with Crippen molar-refractivity contribution in [3.05, 3.63) is 99.5 Å². The molecule has 1 atom stereocenters. The normalized spacial score (nSPS) is 14.8. The number of aromatic amines is 1. The Balaban J connectivity index is 1.52. The van der Waals surface area contributed by atoms with E-state index >= 15 is 0 Å². The summed E-state index contributed by atoms with van der Waals surface area (Å²) in [5, 5.41) is 9.73. The molecule has 5 rings (SSSR count). The Morgan fingerprint density at radius 3 is 2.65 bits per heavy atom. The lowest BCUT2D eigenvalue weighted by Crippen LogP contribution is -2.36. The highest BCUT2D eigenvalue weighted by Crippen LogP contribution is 2.27. The van der Waals surface area contributed by atoms with Gasteiger partial charge in [-0.15, -0.1) is 0 Å². The topological polar surface area (TPSA) is 108 Å². The molecule has 1 aliphatic heterocycles. The van der Waals surface area contributed by atoms with Crippen molar-refractivity contribution in [2.75, 3.05) is 36.9 Å². The van der Waals surface area contributed by atoms with Gasteiger partial charge in [0, 0.05) is 47.6 Å². The second-order valence-electron chi connectivity index (χ2n) is 8.59. The zero-order valence-electron chi connectivity index (χ0n) is 19.0. The molecule has 0 bridgehead atoms. The number of hydrogen-bond acceptors (Lipinski definition) is 6. The molecular weight excluding hydrogens is 426 g/mol. The number of hydrogen-bond donors (Lipinski definition) is 3. The van der Waals surface area contributed by atoms with E-state index in [0.717, 1.165) is 35.4 Å². The van der Waals surface area contributed by atoms with Crippen LogP contribution < -0.4 is 16.2 Å². The van der Waals surface area contributed by atoms with Gasteiger partial charge in [-0.25, -0.2) is 4.98 Å². The van der Waals surface area contributed by atoms with E-state index in [0.29, 0.717) is 41.3 Å². The highest BCUT2D eigenvalue weighted by atomic mass is 16.5. The van der Waals surface area contributed by atoms with E-state index in [9.17, 15) is 4.79 Å². The largest absolute Gasteiger partial charge is 0.398 e. The number of morpholine rings is 1. The van der Waals surface area contributed by atoms with Gasteiger partial charge >= 0.3 is 0 Å². The summed E-state index contributed by atoms with van der Waals surface area (Å²) in [6.45, 7) is 4.91. The SMILES string of the molecule is CC(c1ccccc1)c1cc2cc(C(=N)c3ccnc(N4CCOCC4)c3)c(N)cc2[nH]c1=O. The first-order valence-electron chi connectivity index (χ1n) is 11.4. The first-order valence-corrected chi connectivity index (χ1v) is 11.4. The molecule has 1 saturated heterocycles. The minimum Gasteiger partial charge on any atom is -0.398 e. The van der Waals surface area contributed by atoms with Crippen molar-refractivity contribution in [3.63, 3.8) is 0 Å². The Morgan fingerprint density at radius 1 is 1.12 bits per heavy atom. The number of anilines is 2. The lowest BCUT2D eigenvalue weighted by molar-refractivity contribution is 0.122. The number of nitrogens with one attached hydrogen (secondary N) is 2. The predicted octanol–water partition coefficient (Wildman–Crippen LogP) is 3.91. The first kappa shape index (κ1) is 21.9. The summed E-state index contributed by atoms with van der Waals surface area (Å²) in [6, 6.07) is 19.2. The molecule has 0 spiro atoms. The lowest BCUT2D eigenvalue weighted by atomic mass is 9.92.